The summed E-state index contributed by atoms with van der Waals surface area (Å²) in [4.78, 5) is 0. The van der Waals surface area contributed by atoms with Gasteiger partial charge < -0.3 is 0 Å². The van der Waals surface area contributed by atoms with Gasteiger partial charge in [-0.1, -0.05) is 29.5 Å². The first-order chi connectivity index (χ1) is 8.11. The average molecular weight is 238 g/mol. The molecule has 0 saturated heterocycles. The van der Waals surface area contributed by atoms with Crippen molar-refractivity contribution in [2.45, 2.75) is 27.2 Å². The Kier molecular flexibility index (Phi) is 2.27. The van der Waals surface area contributed by atoms with E-state index in [9.17, 15) is 0 Å². The van der Waals surface area contributed by atoms with Crippen LogP contribution in [0.3, 0.4) is 0 Å². The zero-order valence-electron chi connectivity index (χ0n) is 11.0. The number of benzene rings is 2. The summed E-state index contributed by atoms with van der Waals surface area (Å²) in [5.74, 6) is 0. The van der Waals surface area contributed by atoms with Crippen molar-refractivity contribution in [3.63, 3.8) is 0 Å². The Morgan fingerprint density at radius 3 is 2.41 bits per heavy atom. The highest BCUT2D eigenvalue weighted by molar-refractivity contribution is 6.35. The van der Waals surface area contributed by atoms with Crippen LogP contribution in [0.15, 0.2) is 24.3 Å². The third-order valence-electron chi connectivity index (χ3n) is 4.47. The standard InChI is InChI=1S/C16H18Si/c1-9-10(2)15-13-7-5-4-6-12(13)8-14(15)16(17)11(9)3/h4-7H,8H2,1-3,17H3. The molecule has 1 heteroatoms. The van der Waals surface area contributed by atoms with E-state index in [0.717, 1.165) is 16.7 Å². The Morgan fingerprint density at radius 1 is 0.941 bits per heavy atom. The molecule has 0 amide bonds. The van der Waals surface area contributed by atoms with Crippen LogP contribution in [-0.2, 0) is 6.42 Å². The van der Waals surface area contributed by atoms with Crippen molar-refractivity contribution >= 4 is 15.4 Å². The fourth-order valence-electron chi connectivity index (χ4n) is 3.08. The Balaban J connectivity index is 2.41. The largest absolute Gasteiger partial charge is 0.0636 e. The highest BCUT2D eigenvalue weighted by Gasteiger charge is 2.23. The van der Waals surface area contributed by atoms with Crippen LogP contribution in [0.4, 0.5) is 0 Å². The SMILES string of the molecule is Cc1c(C)c([SiH3])c2c(c1C)-c1ccccc1C2. The summed E-state index contributed by atoms with van der Waals surface area (Å²) >= 11 is 0. The molecule has 86 valence electrons. The van der Waals surface area contributed by atoms with Crippen LogP contribution in [0.5, 0.6) is 0 Å². The van der Waals surface area contributed by atoms with E-state index in [0.29, 0.717) is 0 Å². The van der Waals surface area contributed by atoms with Gasteiger partial charge in [0.15, 0.2) is 0 Å². The lowest BCUT2D eigenvalue weighted by molar-refractivity contribution is 1.23. The van der Waals surface area contributed by atoms with Gasteiger partial charge in [-0.2, -0.15) is 0 Å². The van der Waals surface area contributed by atoms with Gasteiger partial charge in [-0.05, 0) is 66.1 Å². The Labute approximate surface area is 106 Å². The normalized spacial score (nSPS) is 12.6. The first-order valence-corrected chi connectivity index (χ1v) is 7.28. The molecule has 0 N–H and O–H groups in total. The van der Waals surface area contributed by atoms with Crippen LogP contribution in [0.25, 0.3) is 11.1 Å². The number of hydrogen-bond acceptors (Lipinski definition) is 0. The van der Waals surface area contributed by atoms with E-state index < -0.39 is 0 Å². The minimum Gasteiger partial charge on any atom is -0.0636 e. The van der Waals surface area contributed by atoms with Gasteiger partial charge in [0.25, 0.3) is 0 Å². The van der Waals surface area contributed by atoms with E-state index >= 15 is 0 Å². The lowest BCUT2D eigenvalue weighted by Gasteiger charge is -2.16. The molecule has 0 atom stereocenters. The molecule has 0 aromatic heterocycles. The predicted octanol–water partition coefficient (Wildman–Crippen LogP) is 2.17. The molecule has 1 aliphatic carbocycles. The molecule has 0 radical (unpaired) electrons. The molecular weight excluding hydrogens is 220 g/mol. The molecule has 0 nitrogen and oxygen atoms in total. The fraction of sp³-hybridized carbons (Fsp3) is 0.250. The molecule has 0 spiro atoms. The van der Waals surface area contributed by atoms with E-state index in [1.807, 2.05) is 0 Å². The molecule has 0 fully saturated rings. The quantitative estimate of drug-likeness (QED) is 0.527. The highest BCUT2D eigenvalue weighted by Crippen LogP contribution is 2.39. The maximum Gasteiger partial charge on any atom is 0.0392 e. The van der Waals surface area contributed by atoms with Crippen LogP contribution in [0, 0.1) is 20.8 Å². The smallest absolute Gasteiger partial charge is 0.0392 e. The molecule has 3 rings (SSSR count). The second-order valence-electron chi connectivity index (χ2n) is 5.19. The lowest BCUT2D eigenvalue weighted by atomic mass is 9.93. The molecule has 0 saturated carbocycles. The van der Waals surface area contributed by atoms with Crippen molar-refractivity contribution in [3.8, 4) is 11.1 Å². The maximum atomic E-state index is 2.29. The Hall–Kier alpha value is -1.34. The molecule has 2 aromatic rings. The van der Waals surface area contributed by atoms with Crippen LogP contribution < -0.4 is 5.19 Å². The van der Waals surface area contributed by atoms with Crippen molar-refractivity contribution in [2.24, 2.45) is 0 Å². The van der Waals surface area contributed by atoms with Gasteiger partial charge >= 0.3 is 0 Å². The maximum absolute atomic E-state index is 2.29. The molecule has 17 heavy (non-hydrogen) atoms. The van der Waals surface area contributed by atoms with Gasteiger partial charge in [0.05, 0.1) is 0 Å². The van der Waals surface area contributed by atoms with Gasteiger partial charge in [-0.15, -0.1) is 0 Å². The molecule has 0 bridgehead atoms. The molecule has 2 aromatic carbocycles. The molecular formula is C16H18Si. The minimum absolute atomic E-state index is 1.15. The number of fused-ring (bicyclic) bond motifs is 3. The van der Waals surface area contributed by atoms with Crippen LogP contribution >= 0.6 is 0 Å². The van der Waals surface area contributed by atoms with E-state index in [1.54, 1.807) is 10.8 Å². The Bertz CT molecular complexity index is 624. The predicted molar refractivity (Wildman–Crippen MR) is 78.5 cm³/mol. The van der Waals surface area contributed by atoms with Gasteiger partial charge in [0.1, 0.15) is 0 Å². The van der Waals surface area contributed by atoms with Crippen LogP contribution in [0.2, 0.25) is 0 Å². The first kappa shape index (κ1) is 10.8. The van der Waals surface area contributed by atoms with Gasteiger partial charge in [-0.3, -0.25) is 0 Å². The number of hydrogen-bond donors (Lipinski definition) is 0. The van der Waals surface area contributed by atoms with Crippen molar-refractivity contribution in [1.82, 2.24) is 0 Å². The van der Waals surface area contributed by atoms with Crippen molar-refractivity contribution in [3.05, 3.63) is 52.1 Å². The third kappa shape index (κ3) is 1.35. The van der Waals surface area contributed by atoms with Crippen LogP contribution in [-0.4, -0.2) is 10.2 Å². The van der Waals surface area contributed by atoms with E-state index in [1.165, 1.54) is 33.4 Å². The highest BCUT2D eigenvalue weighted by atomic mass is 28.1. The van der Waals surface area contributed by atoms with Crippen LogP contribution in [0.1, 0.15) is 27.8 Å². The summed E-state index contributed by atoms with van der Waals surface area (Å²) in [6.07, 6.45) is 1.15. The summed E-state index contributed by atoms with van der Waals surface area (Å²) < 4.78 is 0. The molecule has 1 aliphatic rings. The monoisotopic (exact) mass is 238 g/mol. The second-order valence-corrected chi connectivity index (χ2v) is 6.19. The fourth-order valence-corrected chi connectivity index (χ4v) is 3.89. The van der Waals surface area contributed by atoms with Crippen molar-refractivity contribution in [2.75, 3.05) is 0 Å². The van der Waals surface area contributed by atoms with Gasteiger partial charge in [-0.25, -0.2) is 0 Å². The molecule has 0 aliphatic heterocycles. The first-order valence-electron chi connectivity index (χ1n) is 6.28. The minimum atomic E-state index is 1.15. The topological polar surface area (TPSA) is 0 Å². The zero-order chi connectivity index (χ0) is 12.2. The van der Waals surface area contributed by atoms with E-state index in [4.69, 9.17) is 0 Å². The third-order valence-corrected chi connectivity index (χ3v) is 5.82. The second kappa shape index (κ2) is 3.57. The summed E-state index contributed by atoms with van der Waals surface area (Å²) in [5.41, 5.74) is 10.6. The lowest BCUT2D eigenvalue weighted by Crippen LogP contribution is -2.16. The summed E-state index contributed by atoms with van der Waals surface area (Å²) in [6.45, 7) is 6.84. The van der Waals surface area contributed by atoms with Gasteiger partial charge in [0, 0.05) is 10.2 Å². The molecule has 0 heterocycles. The summed E-state index contributed by atoms with van der Waals surface area (Å²) in [7, 11) is 1.16. The Morgan fingerprint density at radius 2 is 1.65 bits per heavy atom. The van der Waals surface area contributed by atoms with E-state index in [-0.39, 0.29) is 0 Å². The average Bonchev–Trinajstić information content (AvgIpc) is 2.73. The summed E-state index contributed by atoms with van der Waals surface area (Å²) in [6, 6.07) is 8.88. The van der Waals surface area contributed by atoms with E-state index in [2.05, 4.69) is 45.0 Å². The number of rotatable bonds is 0. The summed E-state index contributed by atoms with van der Waals surface area (Å²) in [5, 5.41) is 1.62. The molecule has 0 unspecified atom stereocenters. The van der Waals surface area contributed by atoms with Crippen molar-refractivity contribution in [1.29, 1.82) is 0 Å². The van der Waals surface area contributed by atoms with Crippen molar-refractivity contribution < 1.29 is 0 Å². The van der Waals surface area contributed by atoms with Gasteiger partial charge in [0.2, 0.25) is 0 Å². The zero-order valence-corrected chi connectivity index (χ0v) is 13.0.